The second-order valence-corrected chi connectivity index (χ2v) is 10.4. The van der Waals surface area contributed by atoms with Gasteiger partial charge in [0.05, 0.1) is 41.5 Å². The number of rotatable bonds is 7. The van der Waals surface area contributed by atoms with Crippen molar-refractivity contribution in [2.24, 2.45) is 5.14 Å². The summed E-state index contributed by atoms with van der Waals surface area (Å²) in [6.45, 7) is -0.355. The normalized spacial score (nSPS) is 18.1. The summed E-state index contributed by atoms with van der Waals surface area (Å²) >= 11 is 0. The maximum absolute atomic E-state index is 14.4. The van der Waals surface area contributed by atoms with Gasteiger partial charge in [0, 0.05) is 23.7 Å². The zero-order chi connectivity index (χ0) is 27.5. The summed E-state index contributed by atoms with van der Waals surface area (Å²) < 4.78 is 84.1. The topological polar surface area (TPSA) is 110 Å². The molecule has 1 saturated heterocycles. The van der Waals surface area contributed by atoms with Gasteiger partial charge in [0.2, 0.25) is 10.0 Å². The number of hydrogen-bond acceptors (Lipinski definition) is 6. The van der Waals surface area contributed by atoms with E-state index in [4.69, 9.17) is 9.88 Å². The molecule has 0 unspecified atom stereocenters. The van der Waals surface area contributed by atoms with E-state index in [2.05, 4.69) is 27.8 Å². The van der Waals surface area contributed by atoms with E-state index in [1.54, 1.807) is 24.3 Å². The number of anilines is 2. The van der Waals surface area contributed by atoms with Gasteiger partial charge in [0.15, 0.2) is 0 Å². The number of fused-ring (bicyclic) bond motifs is 1. The van der Waals surface area contributed by atoms with Crippen LogP contribution in [0.3, 0.4) is 0 Å². The summed E-state index contributed by atoms with van der Waals surface area (Å²) in [7, 11) is -2.57. The summed E-state index contributed by atoms with van der Waals surface area (Å²) in [5, 5.41) is 14.7. The number of methoxy groups -OCH3 is 1. The van der Waals surface area contributed by atoms with Crippen molar-refractivity contribution in [2.45, 2.75) is 36.3 Å². The van der Waals surface area contributed by atoms with Crippen LogP contribution in [0.4, 0.5) is 28.9 Å². The molecule has 0 bridgehead atoms. The van der Waals surface area contributed by atoms with Crippen molar-refractivity contribution in [1.82, 2.24) is 9.88 Å². The zero-order valence-electron chi connectivity index (χ0n) is 20.4. The highest BCUT2D eigenvalue weighted by Crippen LogP contribution is 2.31. The lowest BCUT2D eigenvalue weighted by atomic mass is 10.0. The van der Waals surface area contributed by atoms with E-state index in [-0.39, 0.29) is 29.4 Å². The Balaban J connectivity index is 1.61. The van der Waals surface area contributed by atoms with Gasteiger partial charge in [-0.3, -0.25) is 0 Å². The van der Waals surface area contributed by atoms with Gasteiger partial charge < -0.3 is 25.3 Å². The first kappa shape index (κ1) is 27.6. The highest BCUT2D eigenvalue weighted by Gasteiger charge is 2.30. The van der Waals surface area contributed by atoms with E-state index in [0.717, 1.165) is 4.57 Å². The highest BCUT2D eigenvalue weighted by atomic mass is 32.2. The number of aromatic nitrogens is 1. The van der Waals surface area contributed by atoms with Crippen molar-refractivity contribution < 1.29 is 30.7 Å². The molecule has 3 aromatic rings. The Morgan fingerprint density at radius 2 is 2.00 bits per heavy atom. The fourth-order valence-electron chi connectivity index (χ4n) is 4.32. The number of halogens is 4. The third kappa shape index (κ3) is 6.50. The molecular weight excluding hydrogens is 526 g/mol. The van der Waals surface area contributed by atoms with Gasteiger partial charge in [0.1, 0.15) is 18.5 Å². The zero-order valence-corrected chi connectivity index (χ0v) is 21.2. The molecule has 1 fully saturated rings. The summed E-state index contributed by atoms with van der Waals surface area (Å²) in [5.41, 5.74) is 1.44. The van der Waals surface area contributed by atoms with E-state index >= 15 is 0 Å². The number of hydrogen-bond donors (Lipinski definition) is 4. The lowest BCUT2D eigenvalue weighted by molar-refractivity contribution is -0.140. The average molecular weight is 554 g/mol. The fraction of sp³-hybridized carbons (Fsp3) is 0.360. The van der Waals surface area contributed by atoms with E-state index in [1.807, 2.05) is 0 Å². The van der Waals surface area contributed by atoms with Crippen LogP contribution in [0.2, 0.25) is 0 Å². The summed E-state index contributed by atoms with van der Waals surface area (Å²) in [6.07, 6.45) is -5.07. The molecule has 1 aliphatic heterocycles. The molecule has 0 aliphatic carbocycles. The van der Waals surface area contributed by atoms with Gasteiger partial charge >= 0.3 is 6.18 Å². The first-order valence-electron chi connectivity index (χ1n) is 11.7. The Hall–Kier alpha value is -3.47. The van der Waals surface area contributed by atoms with Crippen molar-refractivity contribution in [1.29, 1.82) is 0 Å². The summed E-state index contributed by atoms with van der Waals surface area (Å²) in [6, 6.07) is 10.0. The van der Waals surface area contributed by atoms with Gasteiger partial charge in [-0.2, -0.15) is 13.2 Å². The smallest absolute Gasteiger partial charge is 0.406 e. The quantitative estimate of drug-likeness (QED) is 0.264. The SMILES string of the molecule is COc1cc(S(N)(=O)=O)ccc1NCC#Cc1cc2c(N[C@H]3CCNC[C@H]3F)cccc2n1CC(F)(F)F. The molecule has 0 amide bonds. The largest absolute Gasteiger partial charge is 0.495 e. The molecule has 38 heavy (non-hydrogen) atoms. The molecule has 2 aromatic carbocycles. The minimum atomic E-state index is -4.48. The lowest BCUT2D eigenvalue weighted by Gasteiger charge is -2.28. The number of piperidine rings is 1. The van der Waals surface area contributed by atoms with Crippen LogP contribution in [-0.4, -0.2) is 58.1 Å². The maximum Gasteiger partial charge on any atom is 0.406 e. The second kappa shape index (κ2) is 11.1. The van der Waals surface area contributed by atoms with Crippen molar-refractivity contribution in [3.05, 3.63) is 48.2 Å². The van der Waals surface area contributed by atoms with E-state index < -0.39 is 35.0 Å². The first-order chi connectivity index (χ1) is 18.0. The Bertz CT molecular complexity index is 1480. The third-order valence-corrected chi connectivity index (χ3v) is 7.03. The Morgan fingerprint density at radius 3 is 2.68 bits per heavy atom. The van der Waals surface area contributed by atoms with Gasteiger partial charge in [-0.1, -0.05) is 12.0 Å². The van der Waals surface area contributed by atoms with Gasteiger partial charge in [-0.05, 0) is 49.2 Å². The van der Waals surface area contributed by atoms with Crippen LogP contribution >= 0.6 is 0 Å². The van der Waals surface area contributed by atoms with Crippen molar-refractivity contribution in [3.8, 4) is 17.6 Å². The number of ether oxygens (including phenoxy) is 1. The molecule has 4 rings (SSSR count). The van der Waals surface area contributed by atoms with Crippen LogP contribution in [0.25, 0.3) is 10.9 Å². The maximum atomic E-state index is 14.4. The summed E-state index contributed by atoms with van der Waals surface area (Å²) in [5.74, 6) is 5.81. The van der Waals surface area contributed by atoms with Gasteiger partial charge in [-0.15, -0.1) is 0 Å². The number of nitrogens with two attached hydrogens (primary N) is 1. The summed E-state index contributed by atoms with van der Waals surface area (Å²) in [4.78, 5) is -0.129. The Labute approximate surface area is 217 Å². The predicted octanol–water partition coefficient (Wildman–Crippen LogP) is 3.44. The van der Waals surface area contributed by atoms with Crippen molar-refractivity contribution in [3.63, 3.8) is 0 Å². The fourth-order valence-corrected chi connectivity index (χ4v) is 4.84. The number of nitrogens with zero attached hydrogens (tertiary/aromatic N) is 1. The number of nitrogens with one attached hydrogen (secondary N) is 3. The molecule has 5 N–H and O–H groups in total. The molecule has 2 heterocycles. The van der Waals surface area contributed by atoms with Crippen LogP contribution in [0.1, 0.15) is 12.1 Å². The second-order valence-electron chi connectivity index (χ2n) is 8.79. The van der Waals surface area contributed by atoms with E-state index in [9.17, 15) is 26.0 Å². The molecule has 13 heteroatoms. The number of alkyl halides is 4. The molecule has 0 radical (unpaired) electrons. The minimum absolute atomic E-state index is 0.0301. The lowest BCUT2D eigenvalue weighted by Crippen LogP contribution is -2.45. The Morgan fingerprint density at radius 1 is 1.21 bits per heavy atom. The van der Waals surface area contributed by atoms with Crippen LogP contribution in [0.5, 0.6) is 5.75 Å². The Kier molecular flexibility index (Phi) is 8.05. The molecule has 2 atom stereocenters. The molecule has 1 aromatic heterocycles. The molecule has 0 spiro atoms. The van der Waals surface area contributed by atoms with Gasteiger partial charge in [0.25, 0.3) is 0 Å². The molecule has 204 valence electrons. The van der Waals surface area contributed by atoms with E-state index in [1.165, 1.54) is 25.3 Å². The number of sulfonamides is 1. The highest BCUT2D eigenvalue weighted by molar-refractivity contribution is 7.89. The molecule has 8 nitrogen and oxygen atoms in total. The van der Waals surface area contributed by atoms with E-state index in [0.29, 0.717) is 35.2 Å². The third-order valence-electron chi connectivity index (χ3n) is 6.12. The van der Waals surface area contributed by atoms with Gasteiger partial charge in [-0.25, -0.2) is 17.9 Å². The number of benzene rings is 2. The minimum Gasteiger partial charge on any atom is -0.495 e. The van der Waals surface area contributed by atoms with Crippen molar-refractivity contribution in [2.75, 3.05) is 37.4 Å². The van der Waals surface area contributed by atoms with Crippen LogP contribution in [-0.2, 0) is 16.6 Å². The van der Waals surface area contributed by atoms with Crippen LogP contribution in [0.15, 0.2) is 47.4 Å². The molecule has 0 saturated carbocycles. The molecule has 1 aliphatic rings. The standard InChI is InChI=1S/C25H27F4N5O3S/c1-37-24-13-17(38(30,35)36)7-8-22(24)32-10-3-4-16-12-18-20(33-21-9-11-31-14-19(21)26)5-2-6-23(18)34(16)15-25(27,28)29/h2,5-8,12-13,19,21,31-33H,9-11,14-15H2,1H3,(H2,30,35,36)/t19-,21+/m1/s1. The average Bonchev–Trinajstić information content (AvgIpc) is 3.19. The monoisotopic (exact) mass is 553 g/mol. The first-order valence-corrected chi connectivity index (χ1v) is 13.2. The van der Waals surface area contributed by atoms with Crippen LogP contribution < -0.4 is 25.8 Å². The molecular formula is C25H27F4N5O3S. The van der Waals surface area contributed by atoms with Crippen LogP contribution in [0, 0.1) is 11.8 Å². The number of primary sulfonamides is 1. The predicted molar refractivity (Wildman–Crippen MR) is 138 cm³/mol. The van der Waals surface area contributed by atoms with Crippen molar-refractivity contribution >= 4 is 32.3 Å².